The van der Waals surface area contributed by atoms with E-state index in [1.54, 1.807) is 0 Å². The molecule has 0 bridgehead atoms. The predicted octanol–water partition coefficient (Wildman–Crippen LogP) is 2.01. The van der Waals surface area contributed by atoms with Crippen molar-refractivity contribution in [1.82, 2.24) is 4.90 Å². The molecule has 0 fully saturated rings. The Hall–Kier alpha value is -0.570. The topological polar surface area (TPSA) is 46.3 Å². The molecule has 0 heterocycles. The summed E-state index contributed by atoms with van der Waals surface area (Å²) in [6.45, 7) is 11.3. The molecule has 0 aromatic carbocycles. The highest BCUT2D eigenvalue weighted by Gasteiger charge is 2.29. The normalized spacial score (nSPS) is 11.9. The molecule has 3 heteroatoms. The van der Waals surface area contributed by atoms with Crippen LogP contribution in [0.25, 0.3) is 0 Å². The molecule has 0 atom stereocenters. The molecule has 0 radical (unpaired) electrons. The molecule has 3 nitrogen and oxygen atoms in total. The summed E-state index contributed by atoms with van der Waals surface area (Å²) in [5, 5.41) is 0. The molecule has 0 unspecified atom stereocenters. The molecule has 1 amide bonds. The molecule has 15 heavy (non-hydrogen) atoms. The van der Waals surface area contributed by atoms with Gasteiger partial charge in [-0.3, -0.25) is 4.79 Å². The van der Waals surface area contributed by atoms with Crippen LogP contribution >= 0.6 is 0 Å². The van der Waals surface area contributed by atoms with E-state index < -0.39 is 0 Å². The number of nitrogens with two attached hydrogens (primary N) is 1. The third-order valence-corrected chi connectivity index (χ3v) is 2.66. The maximum atomic E-state index is 12.2. The predicted molar refractivity (Wildman–Crippen MR) is 64.6 cm³/mol. The van der Waals surface area contributed by atoms with Gasteiger partial charge in [0, 0.05) is 24.5 Å². The number of carbonyl (C=O) groups excluding carboxylic acids is 1. The van der Waals surface area contributed by atoms with E-state index in [0.29, 0.717) is 19.1 Å². The van der Waals surface area contributed by atoms with Crippen LogP contribution in [0.2, 0.25) is 0 Å². The Morgan fingerprint density at radius 3 is 2.00 bits per heavy atom. The zero-order valence-corrected chi connectivity index (χ0v) is 10.8. The summed E-state index contributed by atoms with van der Waals surface area (Å²) in [6.07, 6.45) is 2.00. The van der Waals surface area contributed by atoms with E-state index in [1.165, 1.54) is 0 Å². The van der Waals surface area contributed by atoms with Gasteiger partial charge in [0.15, 0.2) is 0 Å². The second-order valence-corrected chi connectivity index (χ2v) is 5.01. The lowest BCUT2D eigenvalue weighted by molar-refractivity contribution is -0.142. The number of nitrogens with zero attached hydrogens (tertiary/aromatic N) is 1. The minimum absolute atomic E-state index is 0.210. The standard InChI is InChI=1S/C12H26N2O/c1-6-10(7-2)14(9-8-13)11(15)12(3,4)5/h10H,6-9,13H2,1-5H3. The van der Waals surface area contributed by atoms with Gasteiger partial charge in [-0.1, -0.05) is 34.6 Å². The highest BCUT2D eigenvalue weighted by molar-refractivity contribution is 5.81. The van der Waals surface area contributed by atoms with Crippen molar-refractivity contribution in [3.05, 3.63) is 0 Å². The maximum absolute atomic E-state index is 12.2. The smallest absolute Gasteiger partial charge is 0.228 e. The largest absolute Gasteiger partial charge is 0.338 e. The van der Waals surface area contributed by atoms with E-state index in [0.717, 1.165) is 12.8 Å². The van der Waals surface area contributed by atoms with Crippen LogP contribution < -0.4 is 5.73 Å². The number of amides is 1. The fraction of sp³-hybridized carbons (Fsp3) is 0.917. The lowest BCUT2D eigenvalue weighted by atomic mass is 9.93. The third kappa shape index (κ3) is 4.20. The van der Waals surface area contributed by atoms with Crippen LogP contribution in [0.15, 0.2) is 0 Å². The molecule has 0 aliphatic carbocycles. The molecule has 2 N–H and O–H groups in total. The first-order chi connectivity index (χ1) is 6.88. The monoisotopic (exact) mass is 214 g/mol. The molecule has 90 valence electrons. The minimum atomic E-state index is -0.308. The van der Waals surface area contributed by atoms with Crippen molar-refractivity contribution in [2.45, 2.75) is 53.5 Å². The molecular weight excluding hydrogens is 188 g/mol. The SMILES string of the molecule is CCC(CC)N(CCN)C(=O)C(C)(C)C. The number of hydrogen-bond donors (Lipinski definition) is 1. The summed E-state index contributed by atoms with van der Waals surface area (Å²) < 4.78 is 0. The molecule has 0 spiro atoms. The van der Waals surface area contributed by atoms with Crippen LogP contribution in [0.5, 0.6) is 0 Å². The fourth-order valence-electron chi connectivity index (χ4n) is 1.75. The maximum Gasteiger partial charge on any atom is 0.228 e. The van der Waals surface area contributed by atoms with Crippen LogP contribution in [0.4, 0.5) is 0 Å². The first-order valence-corrected chi connectivity index (χ1v) is 5.89. The molecular formula is C12H26N2O. The minimum Gasteiger partial charge on any atom is -0.338 e. The lowest BCUT2D eigenvalue weighted by Gasteiger charge is -2.35. The van der Waals surface area contributed by atoms with Gasteiger partial charge in [0.05, 0.1) is 0 Å². The third-order valence-electron chi connectivity index (χ3n) is 2.66. The number of rotatable bonds is 5. The summed E-state index contributed by atoms with van der Waals surface area (Å²) in [5.74, 6) is 0.210. The summed E-state index contributed by atoms with van der Waals surface area (Å²) in [5.41, 5.74) is 5.26. The van der Waals surface area contributed by atoms with Gasteiger partial charge in [0.25, 0.3) is 0 Å². The van der Waals surface area contributed by atoms with Crippen molar-refractivity contribution >= 4 is 5.91 Å². The van der Waals surface area contributed by atoms with Crippen LogP contribution in [-0.2, 0) is 4.79 Å². The first-order valence-electron chi connectivity index (χ1n) is 5.89. The van der Waals surface area contributed by atoms with Crippen molar-refractivity contribution < 1.29 is 4.79 Å². The molecule has 0 aromatic rings. The molecule has 0 saturated carbocycles. The van der Waals surface area contributed by atoms with E-state index >= 15 is 0 Å². The lowest BCUT2D eigenvalue weighted by Crippen LogP contribution is -2.47. The van der Waals surface area contributed by atoms with Crippen molar-refractivity contribution in [2.75, 3.05) is 13.1 Å². The van der Waals surface area contributed by atoms with E-state index in [4.69, 9.17) is 5.73 Å². The molecule has 0 aromatic heterocycles. The highest BCUT2D eigenvalue weighted by Crippen LogP contribution is 2.21. The van der Waals surface area contributed by atoms with Crippen LogP contribution in [0.3, 0.4) is 0 Å². The highest BCUT2D eigenvalue weighted by atomic mass is 16.2. The quantitative estimate of drug-likeness (QED) is 0.761. The van der Waals surface area contributed by atoms with Crippen molar-refractivity contribution in [1.29, 1.82) is 0 Å². The molecule has 0 aliphatic rings. The number of hydrogen-bond acceptors (Lipinski definition) is 2. The van der Waals surface area contributed by atoms with E-state index in [9.17, 15) is 4.79 Å². The van der Waals surface area contributed by atoms with Gasteiger partial charge in [-0.05, 0) is 12.8 Å². The second kappa shape index (κ2) is 6.11. The zero-order chi connectivity index (χ0) is 12.1. The Labute approximate surface area is 94.0 Å². The van der Waals surface area contributed by atoms with E-state index in [2.05, 4.69) is 13.8 Å². The van der Waals surface area contributed by atoms with E-state index in [1.807, 2.05) is 25.7 Å². The first kappa shape index (κ1) is 14.4. The Morgan fingerprint density at radius 1 is 1.27 bits per heavy atom. The Morgan fingerprint density at radius 2 is 1.73 bits per heavy atom. The summed E-state index contributed by atoms with van der Waals surface area (Å²) in [7, 11) is 0. The Kier molecular flexibility index (Phi) is 5.88. The van der Waals surface area contributed by atoms with Gasteiger partial charge in [0.1, 0.15) is 0 Å². The van der Waals surface area contributed by atoms with Gasteiger partial charge in [-0.15, -0.1) is 0 Å². The van der Waals surface area contributed by atoms with Crippen molar-refractivity contribution in [3.63, 3.8) is 0 Å². The van der Waals surface area contributed by atoms with Crippen molar-refractivity contribution in [3.8, 4) is 0 Å². The zero-order valence-electron chi connectivity index (χ0n) is 10.8. The van der Waals surface area contributed by atoms with Gasteiger partial charge < -0.3 is 10.6 Å². The molecule has 0 aliphatic heterocycles. The summed E-state index contributed by atoms with van der Waals surface area (Å²) >= 11 is 0. The number of carbonyl (C=O) groups is 1. The van der Waals surface area contributed by atoms with Crippen LogP contribution in [-0.4, -0.2) is 29.9 Å². The van der Waals surface area contributed by atoms with Gasteiger partial charge in [-0.2, -0.15) is 0 Å². The summed E-state index contributed by atoms with van der Waals surface area (Å²) in [6, 6.07) is 0.334. The Balaban J connectivity index is 4.71. The van der Waals surface area contributed by atoms with Gasteiger partial charge >= 0.3 is 0 Å². The van der Waals surface area contributed by atoms with Crippen LogP contribution in [0, 0.1) is 5.41 Å². The average molecular weight is 214 g/mol. The molecule has 0 rings (SSSR count). The van der Waals surface area contributed by atoms with E-state index in [-0.39, 0.29) is 11.3 Å². The second-order valence-electron chi connectivity index (χ2n) is 5.01. The fourth-order valence-corrected chi connectivity index (χ4v) is 1.75. The molecule has 0 saturated heterocycles. The summed E-state index contributed by atoms with van der Waals surface area (Å²) in [4.78, 5) is 14.1. The average Bonchev–Trinajstić information content (AvgIpc) is 2.16. The van der Waals surface area contributed by atoms with Gasteiger partial charge in [-0.25, -0.2) is 0 Å². The van der Waals surface area contributed by atoms with Crippen molar-refractivity contribution in [2.24, 2.45) is 11.1 Å². The van der Waals surface area contributed by atoms with Gasteiger partial charge in [0.2, 0.25) is 5.91 Å². The Bertz CT molecular complexity index is 192. The van der Waals surface area contributed by atoms with Crippen LogP contribution in [0.1, 0.15) is 47.5 Å².